The highest BCUT2D eigenvalue weighted by molar-refractivity contribution is 5.80. The highest BCUT2D eigenvalue weighted by atomic mass is 16.5. The Morgan fingerprint density at radius 1 is 1.05 bits per heavy atom. The monoisotopic (exact) mass is 293 g/mol. The molecule has 0 aromatic heterocycles. The summed E-state index contributed by atoms with van der Waals surface area (Å²) in [5, 5.41) is 12.6. The molecule has 2 aromatic rings. The van der Waals surface area contributed by atoms with Gasteiger partial charge < -0.3 is 4.74 Å². The summed E-state index contributed by atoms with van der Waals surface area (Å²) in [7, 11) is 0. The zero-order chi connectivity index (χ0) is 15.5. The number of hydrazone groups is 1. The van der Waals surface area contributed by atoms with E-state index >= 15 is 0 Å². The summed E-state index contributed by atoms with van der Waals surface area (Å²) in [6, 6.07) is 19.7. The third-order valence-corrected chi connectivity index (χ3v) is 3.01. The van der Waals surface area contributed by atoms with E-state index in [4.69, 9.17) is 10.00 Å². The third kappa shape index (κ3) is 5.68. The molecule has 0 fully saturated rings. The van der Waals surface area contributed by atoms with Crippen LogP contribution in [0.15, 0.2) is 59.7 Å². The molecule has 0 atom stereocenters. The van der Waals surface area contributed by atoms with E-state index in [1.165, 1.54) is 0 Å². The number of rotatable bonds is 8. The fourth-order valence-electron chi connectivity index (χ4n) is 1.84. The van der Waals surface area contributed by atoms with Gasteiger partial charge in [0.25, 0.3) is 0 Å². The number of benzene rings is 2. The number of nitrogens with one attached hydrogen (secondary N) is 1. The van der Waals surface area contributed by atoms with Gasteiger partial charge in [-0.1, -0.05) is 18.2 Å². The molecule has 0 aliphatic carbocycles. The summed E-state index contributed by atoms with van der Waals surface area (Å²) in [4.78, 5) is 0. The van der Waals surface area contributed by atoms with Crippen LogP contribution in [0.1, 0.15) is 24.8 Å². The van der Waals surface area contributed by atoms with E-state index in [-0.39, 0.29) is 0 Å². The Bertz CT molecular complexity index is 615. The molecule has 2 aromatic carbocycles. The van der Waals surface area contributed by atoms with E-state index in [1.807, 2.05) is 54.6 Å². The van der Waals surface area contributed by atoms with Crippen LogP contribution in [0.3, 0.4) is 0 Å². The van der Waals surface area contributed by atoms with E-state index in [0.29, 0.717) is 13.0 Å². The van der Waals surface area contributed by atoms with Gasteiger partial charge >= 0.3 is 0 Å². The Hall–Kier alpha value is -2.80. The van der Waals surface area contributed by atoms with Crippen LogP contribution in [0.2, 0.25) is 0 Å². The Balaban J connectivity index is 1.75. The van der Waals surface area contributed by atoms with Gasteiger partial charge in [-0.3, -0.25) is 5.43 Å². The van der Waals surface area contributed by atoms with Gasteiger partial charge in [0, 0.05) is 6.42 Å². The zero-order valence-electron chi connectivity index (χ0n) is 12.4. The molecule has 0 saturated heterocycles. The standard InChI is InChI=1S/C18H19N3O/c19-13-5-2-6-14-22-18-11-9-16(10-12-18)15-20-21-17-7-3-1-4-8-17/h1,3-4,7-12,15,21H,2,5-6,14H2. The Labute approximate surface area is 131 Å². The molecule has 0 amide bonds. The van der Waals surface area contributed by atoms with Gasteiger partial charge in [0.1, 0.15) is 5.75 Å². The molecule has 112 valence electrons. The first-order chi connectivity index (χ1) is 10.9. The summed E-state index contributed by atoms with van der Waals surface area (Å²) < 4.78 is 5.61. The Kier molecular flexibility index (Phi) is 6.51. The van der Waals surface area contributed by atoms with Crippen LogP contribution in [0, 0.1) is 11.3 Å². The van der Waals surface area contributed by atoms with Crippen LogP contribution in [-0.4, -0.2) is 12.8 Å². The minimum absolute atomic E-state index is 0.590. The summed E-state index contributed by atoms with van der Waals surface area (Å²) in [6.45, 7) is 0.644. The first kappa shape index (κ1) is 15.6. The molecule has 0 saturated carbocycles. The van der Waals surface area contributed by atoms with Crippen molar-refractivity contribution in [3.63, 3.8) is 0 Å². The molecule has 0 bridgehead atoms. The van der Waals surface area contributed by atoms with Crippen molar-refractivity contribution >= 4 is 11.9 Å². The Morgan fingerprint density at radius 3 is 2.55 bits per heavy atom. The van der Waals surface area contributed by atoms with Gasteiger partial charge in [-0.05, 0) is 54.8 Å². The highest BCUT2D eigenvalue weighted by Crippen LogP contribution is 2.12. The third-order valence-electron chi connectivity index (χ3n) is 3.01. The van der Waals surface area contributed by atoms with Crippen molar-refractivity contribution in [2.75, 3.05) is 12.0 Å². The molecule has 0 aliphatic rings. The fourth-order valence-corrected chi connectivity index (χ4v) is 1.84. The van der Waals surface area contributed by atoms with Gasteiger partial charge in [-0.25, -0.2) is 0 Å². The minimum atomic E-state index is 0.590. The summed E-state index contributed by atoms with van der Waals surface area (Å²) >= 11 is 0. The van der Waals surface area contributed by atoms with Crippen LogP contribution < -0.4 is 10.2 Å². The van der Waals surface area contributed by atoms with E-state index in [1.54, 1.807) is 6.21 Å². The highest BCUT2D eigenvalue weighted by Gasteiger charge is 1.94. The first-order valence-electron chi connectivity index (χ1n) is 7.32. The smallest absolute Gasteiger partial charge is 0.119 e. The molecule has 0 spiro atoms. The van der Waals surface area contributed by atoms with Crippen LogP contribution in [-0.2, 0) is 0 Å². The predicted octanol–water partition coefficient (Wildman–Crippen LogP) is 4.21. The van der Waals surface area contributed by atoms with Gasteiger partial charge in [-0.15, -0.1) is 0 Å². The van der Waals surface area contributed by atoms with Gasteiger partial charge in [0.2, 0.25) is 0 Å². The minimum Gasteiger partial charge on any atom is -0.494 e. The van der Waals surface area contributed by atoms with Crippen molar-refractivity contribution in [3.05, 3.63) is 60.2 Å². The molecular weight excluding hydrogens is 274 g/mol. The largest absolute Gasteiger partial charge is 0.494 e. The summed E-state index contributed by atoms with van der Waals surface area (Å²) in [6.07, 6.45) is 4.14. The van der Waals surface area contributed by atoms with Gasteiger partial charge in [0.15, 0.2) is 0 Å². The number of nitrogens with zero attached hydrogens (tertiary/aromatic N) is 2. The summed E-state index contributed by atoms with van der Waals surface area (Å²) in [5.41, 5.74) is 4.93. The number of hydrogen-bond donors (Lipinski definition) is 1. The summed E-state index contributed by atoms with van der Waals surface area (Å²) in [5.74, 6) is 0.838. The lowest BCUT2D eigenvalue weighted by Crippen LogP contribution is -1.97. The molecule has 4 heteroatoms. The van der Waals surface area contributed by atoms with Gasteiger partial charge in [-0.2, -0.15) is 10.4 Å². The maximum Gasteiger partial charge on any atom is 0.119 e. The molecule has 2 rings (SSSR count). The number of para-hydroxylation sites is 1. The molecule has 1 N–H and O–H groups in total. The fraction of sp³-hybridized carbons (Fsp3) is 0.222. The average molecular weight is 293 g/mol. The SMILES string of the molecule is N#CCCCCOc1ccc(C=NNc2ccccc2)cc1. The maximum atomic E-state index is 8.45. The first-order valence-corrected chi connectivity index (χ1v) is 7.32. The van der Waals surface area contributed by atoms with Gasteiger partial charge in [0.05, 0.1) is 24.6 Å². The molecule has 0 radical (unpaired) electrons. The molecule has 0 heterocycles. The van der Waals surface area contributed by atoms with Crippen molar-refractivity contribution < 1.29 is 4.74 Å². The van der Waals surface area contributed by atoms with Crippen molar-refractivity contribution in [3.8, 4) is 11.8 Å². The molecular formula is C18H19N3O. The van der Waals surface area contributed by atoms with E-state index in [9.17, 15) is 0 Å². The number of anilines is 1. The lowest BCUT2D eigenvalue weighted by atomic mass is 10.2. The van der Waals surface area contributed by atoms with Crippen molar-refractivity contribution in [1.29, 1.82) is 5.26 Å². The zero-order valence-corrected chi connectivity index (χ0v) is 12.4. The van der Waals surface area contributed by atoms with Crippen molar-refractivity contribution in [2.24, 2.45) is 5.10 Å². The van der Waals surface area contributed by atoms with Crippen LogP contribution in [0.5, 0.6) is 5.75 Å². The number of hydrogen-bond acceptors (Lipinski definition) is 4. The second kappa shape index (κ2) is 9.19. The average Bonchev–Trinajstić information content (AvgIpc) is 2.57. The maximum absolute atomic E-state index is 8.45. The number of nitriles is 1. The quantitative estimate of drug-likeness (QED) is 0.450. The lowest BCUT2D eigenvalue weighted by Gasteiger charge is -2.05. The van der Waals surface area contributed by atoms with E-state index < -0.39 is 0 Å². The Morgan fingerprint density at radius 2 is 1.82 bits per heavy atom. The van der Waals surface area contributed by atoms with Crippen LogP contribution in [0.25, 0.3) is 0 Å². The number of unbranched alkanes of at least 4 members (excludes halogenated alkanes) is 2. The van der Waals surface area contributed by atoms with Crippen molar-refractivity contribution in [2.45, 2.75) is 19.3 Å². The van der Waals surface area contributed by atoms with Crippen LogP contribution >= 0.6 is 0 Å². The van der Waals surface area contributed by atoms with E-state index in [0.717, 1.165) is 29.8 Å². The predicted molar refractivity (Wildman–Crippen MR) is 89.1 cm³/mol. The van der Waals surface area contributed by atoms with Crippen LogP contribution in [0.4, 0.5) is 5.69 Å². The van der Waals surface area contributed by atoms with E-state index in [2.05, 4.69) is 16.6 Å². The lowest BCUT2D eigenvalue weighted by molar-refractivity contribution is 0.307. The molecule has 22 heavy (non-hydrogen) atoms. The van der Waals surface area contributed by atoms with Crippen molar-refractivity contribution in [1.82, 2.24) is 0 Å². The molecule has 0 aliphatic heterocycles. The number of ether oxygens (including phenoxy) is 1. The normalized spacial score (nSPS) is 10.3. The molecule has 0 unspecified atom stereocenters. The second-order valence-electron chi connectivity index (χ2n) is 4.77. The second-order valence-corrected chi connectivity index (χ2v) is 4.77. The molecule has 4 nitrogen and oxygen atoms in total. The topological polar surface area (TPSA) is 57.4 Å².